The lowest BCUT2D eigenvalue weighted by molar-refractivity contribution is -0.144. The molecule has 0 aromatic heterocycles. The number of nitrogen functional groups attached to an aromatic ring is 1. The fraction of sp³-hybridized carbons (Fsp3) is 0.556. The molecule has 1 unspecified atom stereocenters. The van der Waals surface area contributed by atoms with Crippen LogP contribution in [-0.2, 0) is 4.79 Å². The summed E-state index contributed by atoms with van der Waals surface area (Å²) in [5.41, 5.74) is 6.44. The highest BCUT2D eigenvalue weighted by Gasteiger charge is 2.33. The van der Waals surface area contributed by atoms with Gasteiger partial charge in [0.25, 0.3) is 5.91 Å². The van der Waals surface area contributed by atoms with Gasteiger partial charge in [0.1, 0.15) is 11.8 Å². The third-order valence-electron chi connectivity index (χ3n) is 4.93. The number of piperidine rings is 1. The molecule has 4 N–H and O–H groups in total. The molecule has 2 rings (SSSR count). The first kappa shape index (κ1) is 20.3. The maximum Gasteiger partial charge on any atom is 0.320 e. The quantitative estimate of drug-likeness (QED) is 0.650. The Hall–Kier alpha value is -1.99. The zero-order valence-corrected chi connectivity index (χ0v) is 16.0. The maximum atomic E-state index is 12.7. The van der Waals surface area contributed by atoms with E-state index in [-0.39, 0.29) is 17.9 Å². The Kier molecular flexibility index (Phi) is 6.72. The molecular formula is C18H26ClN3O4. The van der Waals surface area contributed by atoms with Crippen LogP contribution in [0.1, 0.15) is 37.0 Å². The number of nitrogens with zero attached hydrogens (tertiary/aromatic N) is 1. The minimum Gasteiger partial charge on any atom is -0.496 e. The molecule has 1 aliphatic rings. The van der Waals surface area contributed by atoms with Gasteiger partial charge in [-0.2, -0.15) is 0 Å². The molecule has 1 aliphatic heterocycles. The lowest BCUT2D eigenvalue weighted by atomic mass is 9.92. The molecule has 1 heterocycles. The smallest absolute Gasteiger partial charge is 0.320 e. The molecule has 7 nitrogen and oxygen atoms in total. The normalized spacial score (nSPS) is 21.8. The van der Waals surface area contributed by atoms with Crippen molar-refractivity contribution in [3.8, 4) is 5.75 Å². The van der Waals surface area contributed by atoms with E-state index in [1.54, 1.807) is 0 Å². The molecule has 1 aromatic rings. The maximum absolute atomic E-state index is 12.7. The van der Waals surface area contributed by atoms with Gasteiger partial charge in [-0.05, 0) is 24.8 Å². The van der Waals surface area contributed by atoms with Gasteiger partial charge in [0.15, 0.2) is 0 Å². The van der Waals surface area contributed by atoms with Crippen molar-refractivity contribution in [3.63, 3.8) is 0 Å². The van der Waals surface area contributed by atoms with Gasteiger partial charge in [0.05, 0.1) is 23.4 Å². The second kappa shape index (κ2) is 8.60. The number of rotatable bonds is 6. The molecule has 1 saturated heterocycles. The second-order valence-electron chi connectivity index (χ2n) is 6.68. The predicted molar refractivity (Wildman–Crippen MR) is 101 cm³/mol. The number of carbonyl (C=O) groups is 2. The molecule has 3 atom stereocenters. The highest BCUT2D eigenvalue weighted by Crippen LogP contribution is 2.29. The van der Waals surface area contributed by atoms with Gasteiger partial charge in [0.2, 0.25) is 0 Å². The molecule has 0 aliphatic carbocycles. The van der Waals surface area contributed by atoms with E-state index < -0.39 is 12.0 Å². The molecule has 1 aromatic carbocycles. The molecule has 1 fully saturated rings. The number of benzene rings is 1. The van der Waals surface area contributed by atoms with Gasteiger partial charge in [-0.3, -0.25) is 14.5 Å². The number of carboxylic acid groups (broad SMARTS) is 1. The van der Waals surface area contributed by atoms with Crippen LogP contribution in [0, 0.1) is 5.92 Å². The fourth-order valence-electron chi connectivity index (χ4n) is 3.43. The summed E-state index contributed by atoms with van der Waals surface area (Å²) in [5, 5.41) is 12.6. The highest BCUT2D eigenvalue weighted by molar-refractivity contribution is 6.33. The number of likely N-dealkylation sites (tertiary alicyclic amines) is 1. The number of methoxy groups -OCH3 is 1. The summed E-state index contributed by atoms with van der Waals surface area (Å²) >= 11 is 6.04. The first-order chi connectivity index (χ1) is 12.3. The monoisotopic (exact) mass is 383 g/mol. The summed E-state index contributed by atoms with van der Waals surface area (Å²) < 4.78 is 5.23. The SMILES string of the molecule is CCC(C(=O)O)N1CC[C@H](NC(=O)c2cc(Cl)c(N)cc2OC)[C@H](C)C1. The number of nitrogens with one attached hydrogen (secondary N) is 1. The van der Waals surface area contributed by atoms with Crippen LogP contribution in [0.5, 0.6) is 5.75 Å². The summed E-state index contributed by atoms with van der Waals surface area (Å²) in [6.45, 7) is 5.13. The lowest BCUT2D eigenvalue weighted by Gasteiger charge is -2.39. The molecule has 144 valence electrons. The Morgan fingerprint density at radius 2 is 2.19 bits per heavy atom. The third-order valence-corrected chi connectivity index (χ3v) is 5.26. The van der Waals surface area contributed by atoms with Gasteiger partial charge in [0, 0.05) is 25.2 Å². The van der Waals surface area contributed by atoms with E-state index in [2.05, 4.69) is 5.32 Å². The van der Waals surface area contributed by atoms with Gasteiger partial charge >= 0.3 is 5.97 Å². The van der Waals surface area contributed by atoms with E-state index in [1.165, 1.54) is 19.2 Å². The van der Waals surface area contributed by atoms with Crippen molar-refractivity contribution in [3.05, 3.63) is 22.7 Å². The van der Waals surface area contributed by atoms with Gasteiger partial charge in [-0.25, -0.2) is 0 Å². The Morgan fingerprint density at radius 1 is 1.50 bits per heavy atom. The average Bonchev–Trinajstić information content (AvgIpc) is 2.59. The zero-order chi connectivity index (χ0) is 19.4. The summed E-state index contributed by atoms with van der Waals surface area (Å²) in [4.78, 5) is 26.0. The number of aliphatic carboxylic acids is 1. The van der Waals surface area contributed by atoms with Gasteiger partial charge in [-0.1, -0.05) is 25.4 Å². The van der Waals surface area contributed by atoms with Crippen molar-refractivity contribution in [2.45, 2.75) is 38.8 Å². The number of nitrogens with two attached hydrogens (primary N) is 1. The molecule has 0 bridgehead atoms. The number of carboxylic acids is 1. The van der Waals surface area contributed by atoms with Crippen LogP contribution < -0.4 is 15.8 Å². The molecule has 8 heteroatoms. The number of ether oxygens (including phenoxy) is 1. The Balaban J connectivity index is 2.07. The van der Waals surface area contributed by atoms with Crippen molar-refractivity contribution in [2.24, 2.45) is 5.92 Å². The van der Waals surface area contributed by atoms with E-state index >= 15 is 0 Å². The largest absolute Gasteiger partial charge is 0.496 e. The van der Waals surface area contributed by atoms with Crippen LogP contribution in [0.15, 0.2) is 12.1 Å². The molecule has 1 amide bonds. The number of amides is 1. The van der Waals surface area contributed by atoms with E-state index in [4.69, 9.17) is 22.1 Å². The van der Waals surface area contributed by atoms with Crippen LogP contribution in [0.25, 0.3) is 0 Å². The zero-order valence-electron chi connectivity index (χ0n) is 15.3. The third kappa shape index (κ3) is 4.40. The predicted octanol–water partition coefficient (Wildman–Crippen LogP) is 2.23. The van der Waals surface area contributed by atoms with E-state index in [9.17, 15) is 14.7 Å². The van der Waals surface area contributed by atoms with E-state index in [1.807, 2.05) is 18.7 Å². The van der Waals surface area contributed by atoms with Crippen molar-refractivity contribution >= 4 is 29.2 Å². The van der Waals surface area contributed by atoms with E-state index in [0.717, 1.165) is 0 Å². The Morgan fingerprint density at radius 3 is 2.73 bits per heavy atom. The molecule has 0 spiro atoms. The van der Waals surface area contributed by atoms with Gasteiger partial charge in [-0.15, -0.1) is 0 Å². The van der Waals surface area contributed by atoms with Crippen molar-refractivity contribution in [1.29, 1.82) is 0 Å². The van der Waals surface area contributed by atoms with Crippen molar-refractivity contribution < 1.29 is 19.4 Å². The van der Waals surface area contributed by atoms with Crippen molar-refractivity contribution in [1.82, 2.24) is 10.2 Å². The standard InChI is InChI=1S/C18H26ClN3O4/c1-4-15(18(24)25)22-6-5-14(10(2)9-22)21-17(23)11-7-12(19)13(20)8-16(11)26-3/h7-8,10,14-15H,4-6,9,20H2,1-3H3,(H,21,23)(H,24,25)/t10-,14+,15?/m1/s1. The fourth-order valence-corrected chi connectivity index (χ4v) is 3.59. The summed E-state index contributed by atoms with van der Waals surface area (Å²) in [5.74, 6) is -0.592. The topological polar surface area (TPSA) is 105 Å². The van der Waals surface area contributed by atoms with E-state index in [0.29, 0.717) is 48.0 Å². The summed E-state index contributed by atoms with van der Waals surface area (Å²) in [6.07, 6.45) is 1.24. The van der Waals surface area contributed by atoms with Crippen LogP contribution in [-0.4, -0.2) is 54.2 Å². The molecular weight excluding hydrogens is 358 g/mol. The number of halogens is 1. The minimum absolute atomic E-state index is 0.0499. The lowest BCUT2D eigenvalue weighted by Crippen LogP contribution is -2.54. The molecule has 0 saturated carbocycles. The molecule has 26 heavy (non-hydrogen) atoms. The first-order valence-corrected chi connectivity index (χ1v) is 9.07. The average molecular weight is 384 g/mol. The number of anilines is 1. The van der Waals surface area contributed by atoms with Gasteiger partial charge < -0.3 is 20.9 Å². The molecule has 0 radical (unpaired) electrons. The van der Waals surface area contributed by atoms with Crippen LogP contribution in [0.2, 0.25) is 5.02 Å². The summed E-state index contributed by atoms with van der Waals surface area (Å²) in [7, 11) is 1.47. The summed E-state index contributed by atoms with van der Waals surface area (Å²) in [6, 6.07) is 2.50. The van der Waals surface area contributed by atoms with Crippen LogP contribution in [0.4, 0.5) is 5.69 Å². The number of hydrogen-bond acceptors (Lipinski definition) is 5. The first-order valence-electron chi connectivity index (χ1n) is 8.69. The minimum atomic E-state index is -0.802. The Bertz CT molecular complexity index is 683. The number of carbonyl (C=O) groups excluding carboxylic acids is 1. The van der Waals surface area contributed by atoms with Crippen LogP contribution in [0.3, 0.4) is 0 Å². The van der Waals surface area contributed by atoms with Crippen molar-refractivity contribution in [2.75, 3.05) is 25.9 Å². The highest BCUT2D eigenvalue weighted by atomic mass is 35.5. The second-order valence-corrected chi connectivity index (χ2v) is 7.08. The Labute approximate surface area is 158 Å². The van der Waals surface area contributed by atoms with Crippen LogP contribution >= 0.6 is 11.6 Å². The number of hydrogen-bond donors (Lipinski definition) is 3.